The van der Waals surface area contributed by atoms with Crippen LogP contribution < -0.4 is 0 Å². The van der Waals surface area contributed by atoms with Crippen LogP contribution in [-0.2, 0) is 18.3 Å². The number of carbonyl (C=O) groups is 2. The Balaban J connectivity index is 0.000000370. The molecule has 1 N–H and O–H groups in total. The van der Waals surface area contributed by atoms with Gasteiger partial charge in [-0.05, 0) is 43.9 Å². The molecule has 0 spiro atoms. The van der Waals surface area contributed by atoms with Gasteiger partial charge in [0.15, 0.2) is 0 Å². The van der Waals surface area contributed by atoms with Gasteiger partial charge in [0.1, 0.15) is 0 Å². The molecule has 7 nitrogen and oxygen atoms in total. The molecule has 2 atom stereocenters. The molecule has 160 valence electrons. The van der Waals surface area contributed by atoms with Crippen LogP contribution in [0.4, 0.5) is 13.2 Å². The van der Waals surface area contributed by atoms with E-state index in [0.717, 1.165) is 24.3 Å². The molecule has 3 heterocycles. The Labute approximate surface area is 170 Å². The van der Waals surface area contributed by atoms with E-state index in [1.165, 1.54) is 16.9 Å². The molecule has 0 aromatic carbocycles. The van der Waals surface area contributed by atoms with Crippen molar-refractivity contribution in [3.8, 4) is 0 Å². The lowest BCUT2D eigenvalue weighted by Gasteiger charge is -2.31. The lowest BCUT2D eigenvalue weighted by Crippen LogP contribution is -2.45. The molecule has 0 radical (unpaired) electrons. The van der Waals surface area contributed by atoms with Crippen molar-refractivity contribution in [2.24, 2.45) is 7.05 Å². The molecule has 0 unspecified atom stereocenters. The number of likely N-dealkylation sites (tertiary alicyclic amines) is 1. The highest BCUT2D eigenvalue weighted by Gasteiger charge is 2.39. The number of hydrogen-bond acceptors (Lipinski definition) is 5. The molecular formula is C18H23F3N4O3S. The summed E-state index contributed by atoms with van der Waals surface area (Å²) >= 11 is 1.52. The maximum atomic E-state index is 12.8. The Hall–Kier alpha value is -2.40. The Morgan fingerprint density at radius 3 is 2.48 bits per heavy atom. The topological polar surface area (TPSA) is 78.7 Å². The van der Waals surface area contributed by atoms with Crippen LogP contribution in [0.2, 0.25) is 0 Å². The Bertz CT molecular complexity index is 821. The Kier molecular flexibility index (Phi) is 7.42. The fourth-order valence-electron chi connectivity index (χ4n) is 3.30. The normalized spacial score (nSPS) is 19.2. The molecule has 1 aliphatic rings. The van der Waals surface area contributed by atoms with Gasteiger partial charge in [-0.3, -0.25) is 9.48 Å². The minimum Gasteiger partial charge on any atom is -0.475 e. The zero-order valence-corrected chi connectivity index (χ0v) is 17.1. The number of aryl methyl sites for hydroxylation is 1. The second-order valence-electron chi connectivity index (χ2n) is 6.89. The van der Waals surface area contributed by atoms with Gasteiger partial charge < -0.3 is 14.9 Å². The molecule has 1 amide bonds. The van der Waals surface area contributed by atoms with Gasteiger partial charge in [-0.25, -0.2) is 4.79 Å². The minimum absolute atomic E-state index is 0.160. The summed E-state index contributed by atoms with van der Waals surface area (Å²) in [5.74, 6) is -2.60. The molecule has 2 aromatic rings. The van der Waals surface area contributed by atoms with Crippen LogP contribution in [0.1, 0.15) is 21.7 Å². The SMILES string of the molecule is CN(C)[C@@H]1CCN(C(=O)c2cccs2)[C@H]1Cc1cnn(C)c1.O=C(O)C(F)(F)F. The molecule has 1 aliphatic heterocycles. The second-order valence-corrected chi connectivity index (χ2v) is 7.84. The summed E-state index contributed by atoms with van der Waals surface area (Å²) in [4.78, 5) is 26.8. The lowest BCUT2D eigenvalue weighted by atomic mass is 10.0. The van der Waals surface area contributed by atoms with Crippen LogP contribution in [0.25, 0.3) is 0 Å². The minimum atomic E-state index is -5.08. The molecular weight excluding hydrogens is 409 g/mol. The van der Waals surface area contributed by atoms with E-state index in [2.05, 4.69) is 24.1 Å². The summed E-state index contributed by atoms with van der Waals surface area (Å²) in [6.45, 7) is 0.824. The number of thiophene rings is 1. The number of aromatic nitrogens is 2. The van der Waals surface area contributed by atoms with Crippen molar-refractivity contribution in [3.63, 3.8) is 0 Å². The fraction of sp³-hybridized carbons (Fsp3) is 0.500. The average molecular weight is 432 g/mol. The number of carbonyl (C=O) groups excluding carboxylic acids is 1. The van der Waals surface area contributed by atoms with E-state index in [4.69, 9.17) is 9.90 Å². The number of rotatable bonds is 4. The van der Waals surface area contributed by atoms with E-state index >= 15 is 0 Å². The van der Waals surface area contributed by atoms with Gasteiger partial charge in [-0.15, -0.1) is 11.3 Å². The van der Waals surface area contributed by atoms with Crippen LogP contribution in [0.15, 0.2) is 29.9 Å². The number of likely N-dealkylation sites (N-methyl/N-ethyl adjacent to an activating group) is 1. The fourth-order valence-corrected chi connectivity index (χ4v) is 3.98. The number of amides is 1. The van der Waals surface area contributed by atoms with Crippen molar-refractivity contribution >= 4 is 23.2 Å². The number of nitrogens with zero attached hydrogens (tertiary/aromatic N) is 4. The third-order valence-corrected chi connectivity index (χ3v) is 5.47. The predicted octanol–water partition coefficient (Wildman–Crippen LogP) is 2.50. The maximum absolute atomic E-state index is 12.8. The van der Waals surface area contributed by atoms with E-state index in [1.54, 1.807) is 0 Å². The summed E-state index contributed by atoms with van der Waals surface area (Å²) in [7, 11) is 6.12. The van der Waals surface area contributed by atoms with Crippen LogP contribution in [0, 0.1) is 0 Å². The summed E-state index contributed by atoms with van der Waals surface area (Å²) in [6, 6.07) is 4.45. The van der Waals surface area contributed by atoms with E-state index in [-0.39, 0.29) is 11.9 Å². The molecule has 1 saturated heterocycles. The first-order chi connectivity index (χ1) is 13.5. The highest BCUT2D eigenvalue weighted by molar-refractivity contribution is 7.12. The van der Waals surface area contributed by atoms with Crippen molar-refractivity contribution in [1.29, 1.82) is 0 Å². The molecule has 0 saturated carbocycles. The monoisotopic (exact) mass is 432 g/mol. The van der Waals surface area contributed by atoms with Crippen LogP contribution >= 0.6 is 11.3 Å². The molecule has 29 heavy (non-hydrogen) atoms. The molecule has 0 bridgehead atoms. The van der Waals surface area contributed by atoms with E-state index in [9.17, 15) is 18.0 Å². The Morgan fingerprint density at radius 1 is 1.38 bits per heavy atom. The zero-order valence-electron chi connectivity index (χ0n) is 16.3. The van der Waals surface area contributed by atoms with Crippen LogP contribution in [0.5, 0.6) is 0 Å². The van der Waals surface area contributed by atoms with Gasteiger partial charge in [0.2, 0.25) is 0 Å². The first kappa shape index (κ1) is 22.9. The average Bonchev–Trinajstić information content (AvgIpc) is 3.35. The van der Waals surface area contributed by atoms with E-state index < -0.39 is 12.1 Å². The van der Waals surface area contributed by atoms with Crippen molar-refractivity contribution in [3.05, 3.63) is 40.3 Å². The van der Waals surface area contributed by atoms with Crippen LogP contribution in [-0.4, -0.2) is 75.5 Å². The standard InChI is InChI=1S/C16H22N4OS.C2HF3O2/c1-18(2)13-6-7-20(16(21)15-5-4-8-22-15)14(13)9-12-10-17-19(3)11-12;3-2(4,5)1(6)7/h4-5,8,10-11,13-14H,6-7,9H2,1-3H3;(H,6,7)/t13-,14+;/m1./s1. The maximum Gasteiger partial charge on any atom is 0.490 e. The number of hydrogen-bond donors (Lipinski definition) is 1. The zero-order chi connectivity index (χ0) is 21.8. The summed E-state index contributed by atoms with van der Waals surface area (Å²) in [6.07, 6.45) is 0.737. The van der Waals surface area contributed by atoms with Gasteiger partial charge in [-0.1, -0.05) is 6.07 Å². The van der Waals surface area contributed by atoms with Gasteiger partial charge >= 0.3 is 12.1 Å². The third-order valence-electron chi connectivity index (χ3n) is 4.61. The van der Waals surface area contributed by atoms with Crippen molar-refractivity contribution in [1.82, 2.24) is 19.6 Å². The van der Waals surface area contributed by atoms with Gasteiger partial charge in [0.05, 0.1) is 17.1 Å². The molecule has 3 rings (SSSR count). The first-order valence-corrected chi connectivity index (χ1v) is 9.67. The number of aliphatic carboxylic acids is 1. The van der Waals surface area contributed by atoms with Crippen molar-refractivity contribution in [2.45, 2.75) is 31.1 Å². The second kappa shape index (κ2) is 9.40. The molecule has 1 fully saturated rings. The lowest BCUT2D eigenvalue weighted by molar-refractivity contribution is -0.192. The summed E-state index contributed by atoms with van der Waals surface area (Å²) in [5.41, 5.74) is 1.19. The first-order valence-electron chi connectivity index (χ1n) is 8.79. The molecule has 0 aliphatic carbocycles. The number of halogens is 3. The molecule has 2 aromatic heterocycles. The quantitative estimate of drug-likeness (QED) is 0.803. The predicted molar refractivity (Wildman–Crippen MR) is 102 cm³/mol. The Morgan fingerprint density at radius 2 is 2.03 bits per heavy atom. The highest BCUT2D eigenvalue weighted by Crippen LogP contribution is 2.27. The summed E-state index contributed by atoms with van der Waals surface area (Å²) < 4.78 is 33.6. The van der Waals surface area contributed by atoms with Crippen LogP contribution in [0.3, 0.4) is 0 Å². The van der Waals surface area contributed by atoms with Crippen molar-refractivity contribution in [2.75, 3.05) is 20.6 Å². The number of carboxylic acids is 1. The van der Waals surface area contributed by atoms with Crippen molar-refractivity contribution < 1.29 is 27.9 Å². The largest absolute Gasteiger partial charge is 0.490 e. The number of alkyl halides is 3. The number of carboxylic acid groups (broad SMARTS) is 1. The highest BCUT2D eigenvalue weighted by atomic mass is 32.1. The van der Waals surface area contributed by atoms with Gasteiger partial charge in [-0.2, -0.15) is 18.3 Å². The van der Waals surface area contributed by atoms with E-state index in [0.29, 0.717) is 6.04 Å². The third kappa shape index (κ3) is 6.04. The van der Waals surface area contributed by atoms with Gasteiger partial charge in [0, 0.05) is 25.8 Å². The van der Waals surface area contributed by atoms with Gasteiger partial charge in [0.25, 0.3) is 5.91 Å². The molecule has 11 heteroatoms. The van der Waals surface area contributed by atoms with E-state index in [1.807, 2.05) is 46.5 Å². The summed E-state index contributed by atoms with van der Waals surface area (Å²) in [5, 5.41) is 13.3. The smallest absolute Gasteiger partial charge is 0.475 e.